The lowest BCUT2D eigenvalue weighted by Gasteiger charge is -2.15. The van der Waals surface area contributed by atoms with Gasteiger partial charge in [-0.2, -0.15) is 22.0 Å². The van der Waals surface area contributed by atoms with Gasteiger partial charge in [0.05, 0.1) is 0 Å². The van der Waals surface area contributed by atoms with Gasteiger partial charge in [-0.05, 0) is 25.9 Å². The van der Waals surface area contributed by atoms with Crippen molar-refractivity contribution in [3.8, 4) is 0 Å². The first-order valence-corrected chi connectivity index (χ1v) is 6.58. The minimum absolute atomic E-state index is 0.192. The van der Waals surface area contributed by atoms with Gasteiger partial charge in [-0.1, -0.05) is 18.3 Å². The van der Waals surface area contributed by atoms with Crippen LogP contribution in [0.2, 0.25) is 0 Å². The quantitative estimate of drug-likeness (QED) is 0.621. The second-order valence-electron chi connectivity index (χ2n) is 3.93. The second-order valence-corrected chi connectivity index (χ2v) is 4.99. The summed E-state index contributed by atoms with van der Waals surface area (Å²) in [6, 6.07) is 0. The third kappa shape index (κ3) is 4.34. The van der Waals surface area contributed by atoms with Crippen LogP contribution in [0.15, 0.2) is 0 Å². The lowest BCUT2D eigenvalue weighted by molar-refractivity contribution is -0.289. The fraction of sp³-hybridized carbons (Fsp3) is 0.800. The van der Waals surface area contributed by atoms with Crippen LogP contribution in [0.4, 0.5) is 22.0 Å². The van der Waals surface area contributed by atoms with E-state index in [4.69, 9.17) is 0 Å². The minimum atomic E-state index is -5.63. The Morgan fingerprint density at radius 2 is 1.79 bits per heavy atom. The van der Waals surface area contributed by atoms with Gasteiger partial charge in [-0.25, -0.2) is 0 Å². The molecule has 0 aliphatic heterocycles. The maximum atomic E-state index is 12.9. The van der Waals surface area contributed by atoms with Crippen molar-refractivity contribution in [2.45, 2.75) is 38.3 Å². The maximum Gasteiger partial charge on any atom is 0.460 e. The van der Waals surface area contributed by atoms with Crippen LogP contribution in [0.3, 0.4) is 0 Å². The number of halogens is 5. The number of rotatable bonds is 7. The molecule has 0 bridgehead atoms. The van der Waals surface area contributed by atoms with Crippen molar-refractivity contribution >= 4 is 11.3 Å². The van der Waals surface area contributed by atoms with Crippen molar-refractivity contribution in [2.75, 3.05) is 13.1 Å². The predicted octanol–water partition coefficient (Wildman–Crippen LogP) is 3.12. The molecule has 1 N–H and O–H groups in total. The highest BCUT2D eigenvalue weighted by Crippen LogP contribution is 2.44. The summed E-state index contributed by atoms with van der Waals surface area (Å²) in [7, 11) is 0. The first-order chi connectivity index (χ1) is 8.79. The molecule has 19 heavy (non-hydrogen) atoms. The molecule has 0 spiro atoms. The van der Waals surface area contributed by atoms with E-state index in [1.54, 1.807) is 0 Å². The monoisotopic (exact) mass is 303 g/mol. The molecule has 9 heteroatoms. The van der Waals surface area contributed by atoms with Crippen LogP contribution in [0.1, 0.15) is 29.8 Å². The molecule has 0 radical (unpaired) electrons. The smallest absolute Gasteiger partial charge is 0.317 e. The Balaban J connectivity index is 2.53. The molecule has 1 aromatic heterocycles. The van der Waals surface area contributed by atoms with Crippen LogP contribution in [-0.4, -0.2) is 29.5 Å². The van der Waals surface area contributed by atoms with Crippen LogP contribution in [0.5, 0.6) is 0 Å². The Bertz CT molecular complexity index is 391. The summed E-state index contributed by atoms with van der Waals surface area (Å²) in [6.07, 6.45) is -3.71. The molecule has 0 unspecified atom stereocenters. The van der Waals surface area contributed by atoms with Gasteiger partial charge in [0.1, 0.15) is 5.01 Å². The molecule has 0 aliphatic carbocycles. The predicted molar refractivity (Wildman–Crippen MR) is 61.3 cm³/mol. The second kappa shape index (κ2) is 6.56. The number of hydrogen-bond donors (Lipinski definition) is 1. The summed E-state index contributed by atoms with van der Waals surface area (Å²) in [5.41, 5.74) is 0. The van der Waals surface area contributed by atoms with E-state index in [9.17, 15) is 22.0 Å². The van der Waals surface area contributed by atoms with E-state index in [-0.39, 0.29) is 5.01 Å². The van der Waals surface area contributed by atoms with E-state index in [1.807, 2.05) is 6.92 Å². The Kier molecular flexibility index (Phi) is 5.60. The molecular formula is C10H14F5N3S. The van der Waals surface area contributed by atoms with Crippen molar-refractivity contribution in [1.29, 1.82) is 0 Å². The summed E-state index contributed by atoms with van der Waals surface area (Å²) in [4.78, 5) is 0. The first-order valence-electron chi connectivity index (χ1n) is 5.77. The molecular weight excluding hydrogens is 289 g/mol. The summed E-state index contributed by atoms with van der Waals surface area (Å²) >= 11 is 0.310. The SMILES string of the molecule is CCCNCCCc1nnc(C(F)(F)C(F)(F)F)s1. The van der Waals surface area contributed by atoms with Crippen LogP contribution < -0.4 is 5.32 Å². The van der Waals surface area contributed by atoms with Gasteiger partial charge in [0.15, 0.2) is 5.01 Å². The zero-order chi connectivity index (χ0) is 14.5. The van der Waals surface area contributed by atoms with Gasteiger partial charge in [-0.15, -0.1) is 10.2 Å². The minimum Gasteiger partial charge on any atom is -0.317 e. The van der Waals surface area contributed by atoms with Crippen LogP contribution in [0.25, 0.3) is 0 Å². The Labute approximate surface area is 111 Å². The summed E-state index contributed by atoms with van der Waals surface area (Å²) in [5.74, 6) is -4.93. The number of hydrogen-bond acceptors (Lipinski definition) is 4. The largest absolute Gasteiger partial charge is 0.460 e. The number of aromatic nitrogens is 2. The normalized spacial score (nSPS) is 12.9. The molecule has 110 valence electrons. The maximum absolute atomic E-state index is 12.9. The van der Waals surface area contributed by atoms with E-state index in [2.05, 4.69) is 15.5 Å². The molecule has 0 atom stereocenters. The van der Waals surface area contributed by atoms with E-state index < -0.39 is 17.1 Å². The summed E-state index contributed by atoms with van der Waals surface area (Å²) in [5, 5.41) is 8.31. The topological polar surface area (TPSA) is 37.8 Å². The van der Waals surface area contributed by atoms with E-state index >= 15 is 0 Å². The number of aryl methyl sites for hydroxylation is 1. The number of alkyl halides is 5. The lowest BCUT2D eigenvalue weighted by Crippen LogP contribution is -2.33. The third-order valence-electron chi connectivity index (χ3n) is 2.26. The average molecular weight is 303 g/mol. The molecule has 0 amide bonds. The zero-order valence-electron chi connectivity index (χ0n) is 10.2. The zero-order valence-corrected chi connectivity index (χ0v) is 11.0. The van der Waals surface area contributed by atoms with Crippen molar-refractivity contribution in [1.82, 2.24) is 15.5 Å². The highest BCUT2D eigenvalue weighted by atomic mass is 32.1. The van der Waals surface area contributed by atoms with Crippen molar-refractivity contribution < 1.29 is 22.0 Å². The Hall–Kier alpha value is -0.830. The van der Waals surface area contributed by atoms with E-state index in [1.165, 1.54) is 0 Å². The molecule has 0 aromatic carbocycles. The van der Waals surface area contributed by atoms with Crippen LogP contribution >= 0.6 is 11.3 Å². The van der Waals surface area contributed by atoms with Gasteiger partial charge < -0.3 is 5.32 Å². The molecule has 3 nitrogen and oxygen atoms in total. The molecule has 1 heterocycles. The summed E-state index contributed by atoms with van der Waals surface area (Å²) < 4.78 is 62.2. The third-order valence-corrected chi connectivity index (χ3v) is 3.32. The lowest BCUT2D eigenvalue weighted by atomic mass is 10.3. The highest BCUT2D eigenvalue weighted by molar-refractivity contribution is 7.11. The fourth-order valence-electron chi connectivity index (χ4n) is 1.27. The highest BCUT2D eigenvalue weighted by Gasteiger charge is 2.61. The van der Waals surface area contributed by atoms with Gasteiger partial charge in [0, 0.05) is 6.42 Å². The van der Waals surface area contributed by atoms with Crippen molar-refractivity contribution in [3.63, 3.8) is 0 Å². The molecule has 0 fully saturated rings. The van der Waals surface area contributed by atoms with E-state index in [0.29, 0.717) is 30.7 Å². The molecule has 1 rings (SSSR count). The van der Waals surface area contributed by atoms with E-state index in [0.717, 1.165) is 13.0 Å². The molecule has 0 saturated heterocycles. The molecule has 0 saturated carbocycles. The van der Waals surface area contributed by atoms with Crippen LogP contribution in [0, 0.1) is 0 Å². The molecule has 1 aromatic rings. The summed E-state index contributed by atoms with van der Waals surface area (Å²) in [6.45, 7) is 3.51. The average Bonchev–Trinajstić information content (AvgIpc) is 2.76. The Morgan fingerprint density at radius 1 is 1.11 bits per heavy atom. The number of nitrogens with zero attached hydrogens (tertiary/aromatic N) is 2. The Morgan fingerprint density at radius 3 is 2.37 bits per heavy atom. The fourth-order valence-corrected chi connectivity index (χ4v) is 2.15. The van der Waals surface area contributed by atoms with Gasteiger partial charge >= 0.3 is 12.1 Å². The van der Waals surface area contributed by atoms with Gasteiger partial charge in [0.2, 0.25) is 0 Å². The van der Waals surface area contributed by atoms with Crippen molar-refractivity contribution in [3.05, 3.63) is 10.0 Å². The molecule has 0 aliphatic rings. The van der Waals surface area contributed by atoms with Gasteiger partial charge in [-0.3, -0.25) is 0 Å². The van der Waals surface area contributed by atoms with Crippen molar-refractivity contribution in [2.24, 2.45) is 0 Å². The van der Waals surface area contributed by atoms with Gasteiger partial charge in [0.25, 0.3) is 0 Å². The van der Waals surface area contributed by atoms with Crippen LogP contribution in [-0.2, 0) is 12.3 Å². The standard InChI is InChI=1S/C10H14F5N3S/c1-2-5-16-6-3-4-7-17-18-8(19-7)9(11,12)10(13,14)15/h16H,2-6H2,1H3. The number of nitrogens with one attached hydrogen (secondary N) is 1. The first kappa shape index (κ1) is 16.2.